The third-order valence-electron chi connectivity index (χ3n) is 5.26. The minimum atomic E-state index is -0.223. The molecule has 2 aromatic carbocycles. The van der Waals surface area contributed by atoms with Crippen LogP contribution in [-0.4, -0.2) is 46.4 Å². The topological polar surface area (TPSA) is 40.9 Å². The van der Waals surface area contributed by atoms with E-state index in [4.69, 9.17) is 0 Å². The molecule has 1 saturated heterocycles. The van der Waals surface area contributed by atoms with E-state index in [0.29, 0.717) is 37.6 Å². The molecule has 0 saturated carbocycles. The predicted molar refractivity (Wildman–Crippen MR) is 113 cm³/mol. The van der Waals surface area contributed by atoms with Crippen LogP contribution in [0.3, 0.4) is 0 Å². The molecule has 7 heteroatoms. The number of piperazine rings is 1. The molecule has 3 heterocycles. The number of thiazole rings is 1. The van der Waals surface area contributed by atoms with Gasteiger partial charge in [0.1, 0.15) is 11.5 Å². The average Bonchev–Trinajstić information content (AvgIpc) is 3.35. The molecule has 146 valence electrons. The van der Waals surface area contributed by atoms with Crippen LogP contribution in [-0.2, 0) is 0 Å². The Morgan fingerprint density at radius 2 is 1.69 bits per heavy atom. The van der Waals surface area contributed by atoms with Gasteiger partial charge in [0.2, 0.25) is 0 Å². The monoisotopic (exact) mass is 406 g/mol. The number of hydrogen-bond donors (Lipinski definition) is 0. The number of nitrogens with zero attached hydrogens (tertiary/aromatic N) is 4. The Kier molecular flexibility index (Phi) is 4.52. The number of carbonyl (C=O) groups is 1. The summed E-state index contributed by atoms with van der Waals surface area (Å²) in [6.45, 7) is 2.34. The van der Waals surface area contributed by atoms with Crippen molar-refractivity contribution < 1.29 is 9.18 Å². The van der Waals surface area contributed by atoms with Crippen molar-refractivity contribution in [1.29, 1.82) is 0 Å². The molecule has 1 aliphatic heterocycles. The number of para-hydroxylation sites is 1. The molecular weight excluding hydrogens is 387 g/mol. The summed E-state index contributed by atoms with van der Waals surface area (Å²) in [4.78, 5) is 22.4. The first-order chi connectivity index (χ1) is 14.2. The highest BCUT2D eigenvalue weighted by molar-refractivity contribution is 7.15. The fourth-order valence-electron chi connectivity index (χ4n) is 3.71. The lowest BCUT2D eigenvalue weighted by molar-refractivity contribution is 0.0740. The van der Waals surface area contributed by atoms with Crippen LogP contribution in [0.1, 0.15) is 10.5 Å². The largest absolute Gasteiger partial charge is 0.366 e. The first kappa shape index (κ1) is 17.9. The van der Waals surface area contributed by atoms with E-state index in [0.717, 1.165) is 16.2 Å². The summed E-state index contributed by atoms with van der Waals surface area (Å²) in [6.07, 6.45) is 1.92. The van der Waals surface area contributed by atoms with E-state index < -0.39 is 0 Å². The van der Waals surface area contributed by atoms with Gasteiger partial charge in [-0.05, 0) is 12.1 Å². The van der Waals surface area contributed by atoms with Crippen LogP contribution in [0.25, 0.3) is 16.2 Å². The number of fused-ring (bicyclic) bond motifs is 1. The van der Waals surface area contributed by atoms with E-state index in [1.165, 1.54) is 17.4 Å². The Bertz CT molecular complexity index is 1160. The maximum Gasteiger partial charge on any atom is 0.271 e. The molecule has 0 unspecified atom stereocenters. The van der Waals surface area contributed by atoms with E-state index in [2.05, 4.69) is 4.98 Å². The van der Waals surface area contributed by atoms with Gasteiger partial charge in [0.15, 0.2) is 4.96 Å². The molecule has 4 aromatic rings. The summed E-state index contributed by atoms with van der Waals surface area (Å²) in [5, 5.41) is 1.86. The number of rotatable bonds is 3. The van der Waals surface area contributed by atoms with Gasteiger partial charge in [-0.15, -0.1) is 11.3 Å². The van der Waals surface area contributed by atoms with Crippen LogP contribution in [0.4, 0.5) is 10.1 Å². The number of anilines is 1. The lowest BCUT2D eigenvalue weighted by Gasteiger charge is -2.36. The van der Waals surface area contributed by atoms with Crippen LogP contribution in [0.15, 0.2) is 66.2 Å². The third-order valence-corrected chi connectivity index (χ3v) is 6.10. The minimum Gasteiger partial charge on any atom is -0.366 e. The van der Waals surface area contributed by atoms with Crippen molar-refractivity contribution in [3.63, 3.8) is 0 Å². The maximum absolute atomic E-state index is 14.0. The molecule has 0 N–H and O–H groups in total. The van der Waals surface area contributed by atoms with Crippen molar-refractivity contribution in [2.24, 2.45) is 0 Å². The van der Waals surface area contributed by atoms with Crippen LogP contribution in [0.2, 0.25) is 0 Å². The third kappa shape index (κ3) is 3.27. The van der Waals surface area contributed by atoms with Crippen molar-refractivity contribution in [2.75, 3.05) is 31.1 Å². The van der Waals surface area contributed by atoms with Gasteiger partial charge in [-0.3, -0.25) is 9.20 Å². The Morgan fingerprint density at radius 3 is 2.45 bits per heavy atom. The Morgan fingerprint density at radius 1 is 0.966 bits per heavy atom. The van der Waals surface area contributed by atoms with E-state index in [-0.39, 0.29) is 11.7 Å². The van der Waals surface area contributed by atoms with Crippen molar-refractivity contribution in [3.8, 4) is 11.3 Å². The fourth-order valence-corrected chi connectivity index (χ4v) is 4.55. The first-order valence-corrected chi connectivity index (χ1v) is 10.4. The number of halogens is 1. The number of imidazole rings is 1. The normalized spacial score (nSPS) is 14.5. The van der Waals surface area contributed by atoms with Gasteiger partial charge in [0.05, 0.1) is 11.4 Å². The van der Waals surface area contributed by atoms with Gasteiger partial charge in [0, 0.05) is 43.3 Å². The summed E-state index contributed by atoms with van der Waals surface area (Å²) < 4.78 is 15.9. The fraction of sp³-hybridized carbons (Fsp3) is 0.182. The van der Waals surface area contributed by atoms with Crippen LogP contribution in [0, 0.1) is 5.82 Å². The van der Waals surface area contributed by atoms with E-state index in [1.807, 2.05) is 62.2 Å². The van der Waals surface area contributed by atoms with Gasteiger partial charge in [-0.2, -0.15) is 0 Å². The maximum atomic E-state index is 14.0. The van der Waals surface area contributed by atoms with Gasteiger partial charge >= 0.3 is 0 Å². The van der Waals surface area contributed by atoms with Crippen molar-refractivity contribution in [1.82, 2.24) is 14.3 Å². The highest BCUT2D eigenvalue weighted by Crippen LogP contribution is 2.25. The Hall–Kier alpha value is -3.19. The zero-order chi connectivity index (χ0) is 19.8. The number of aromatic nitrogens is 2. The summed E-state index contributed by atoms with van der Waals surface area (Å²) in [6, 6.07) is 16.7. The highest BCUT2D eigenvalue weighted by atomic mass is 32.1. The molecule has 5 rings (SSSR count). The second kappa shape index (κ2) is 7.33. The molecule has 0 atom stereocenters. The standard InChI is InChI=1S/C22H19FN4OS/c23-17-8-4-5-9-19(17)25-10-12-26(13-11-25)21(28)20-15-29-22-24-18(14-27(20)22)16-6-2-1-3-7-16/h1-9,14-15H,10-13H2. The number of hydrogen-bond acceptors (Lipinski definition) is 4. The SMILES string of the molecule is O=C(c1csc2nc(-c3ccccc3)cn12)N1CCN(c2ccccc2F)CC1. The van der Waals surface area contributed by atoms with Crippen LogP contribution in [0.5, 0.6) is 0 Å². The van der Waals surface area contributed by atoms with Crippen LogP contribution >= 0.6 is 11.3 Å². The smallest absolute Gasteiger partial charge is 0.271 e. The first-order valence-electron chi connectivity index (χ1n) is 9.51. The van der Waals surface area contributed by atoms with E-state index in [1.54, 1.807) is 12.1 Å². The lowest BCUT2D eigenvalue weighted by Crippen LogP contribution is -2.49. The summed E-state index contributed by atoms with van der Waals surface area (Å²) in [5.74, 6) is -0.236. The summed E-state index contributed by atoms with van der Waals surface area (Å²) in [7, 11) is 0. The zero-order valence-electron chi connectivity index (χ0n) is 15.7. The molecule has 0 aliphatic carbocycles. The molecule has 1 amide bonds. The van der Waals surface area contributed by atoms with Gasteiger partial charge in [-0.25, -0.2) is 9.37 Å². The van der Waals surface area contributed by atoms with Gasteiger partial charge in [-0.1, -0.05) is 42.5 Å². The molecule has 29 heavy (non-hydrogen) atoms. The minimum absolute atomic E-state index is 0.0126. The average molecular weight is 406 g/mol. The molecule has 1 fully saturated rings. The molecule has 0 spiro atoms. The molecule has 0 radical (unpaired) electrons. The summed E-state index contributed by atoms with van der Waals surface area (Å²) in [5.41, 5.74) is 3.11. The van der Waals surface area contributed by atoms with Crippen molar-refractivity contribution >= 4 is 27.9 Å². The number of amides is 1. The lowest BCUT2D eigenvalue weighted by atomic mass is 10.2. The quantitative estimate of drug-likeness (QED) is 0.513. The molecular formula is C22H19FN4OS. The molecule has 0 bridgehead atoms. The number of benzene rings is 2. The summed E-state index contributed by atoms with van der Waals surface area (Å²) >= 11 is 1.47. The molecule has 5 nitrogen and oxygen atoms in total. The Balaban J connectivity index is 1.34. The van der Waals surface area contributed by atoms with Gasteiger partial charge in [0.25, 0.3) is 5.91 Å². The molecule has 1 aliphatic rings. The predicted octanol–water partition coefficient (Wildman–Crippen LogP) is 4.16. The second-order valence-electron chi connectivity index (χ2n) is 7.00. The van der Waals surface area contributed by atoms with E-state index >= 15 is 0 Å². The van der Waals surface area contributed by atoms with E-state index in [9.17, 15) is 9.18 Å². The highest BCUT2D eigenvalue weighted by Gasteiger charge is 2.26. The van der Waals surface area contributed by atoms with Crippen molar-refractivity contribution in [3.05, 3.63) is 77.7 Å². The van der Waals surface area contributed by atoms with Crippen LogP contribution < -0.4 is 4.90 Å². The number of carbonyl (C=O) groups excluding carboxylic acids is 1. The van der Waals surface area contributed by atoms with Gasteiger partial charge < -0.3 is 9.80 Å². The second-order valence-corrected chi connectivity index (χ2v) is 7.83. The zero-order valence-corrected chi connectivity index (χ0v) is 16.5. The van der Waals surface area contributed by atoms with Crippen molar-refractivity contribution in [2.45, 2.75) is 0 Å². The molecule has 2 aromatic heterocycles. The Labute approximate surface area is 171 Å².